The third kappa shape index (κ3) is 5.64. The summed E-state index contributed by atoms with van der Waals surface area (Å²) >= 11 is 0. The number of benzene rings is 2. The van der Waals surface area contributed by atoms with Crippen LogP contribution in [0.1, 0.15) is 11.1 Å². The topological polar surface area (TPSA) is 66.5 Å². The van der Waals surface area contributed by atoms with Gasteiger partial charge >= 0.3 is 6.18 Å². The molecule has 0 bridgehead atoms. The van der Waals surface area contributed by atoms with Crippen LogP contribution >= 0.6 is 0 Å². The Morgan fingerprint density at radius 1 is 1.21 bits per heavy atom. The summed E-state index contributed by atoms with van der Waals surface area (Å²) in [6, 6.07) is 7.26. The summed E-state index contributed by atoms with van der Waals surface area (Å²) in [6.07, 6.45) is -3.54. The van der Waals surface area contributed by atoms with Gasteiger partial charge in [0.15, 0.2) is 0 Å². The summed E-state index contributed by atoms with van der Waals surface area (Å²) in [7, 11) is -4.44. The molecule has 0 atom stereocenters. The fourth-order valence-electron chi connectivity index (χ4n) is 2.45. The minimum absolute atomic E-state index is 0.143. The molecule has 5 nitrogen and oxygen atoms in total. The summed E-state index contributed by atoms with van der Waals surface area (Å²) in [5.41, 5.74) is -0.653. The molecule has 10 heteroatoms. The SMILES string of the molecule is C=CCN(CC(=O)Nc1ccc(C)cc1F)S(=O)(=O)c1cccc(C(F)(F)F)c1. The molecule has 0 heterocycles. The van der Waals surface area contributed by atoms with Gasteiger partial charge < -0.3 is 5.32 Å². The van der Waals surface area contributed by atoms with E-state index in [0.29, 0.717) is 15.9 Å². The molecule has 0 aromatic heterocycles. The number of anilines is 1. The Bertz CT molecular complexity index is 1020. The summed E-state index contributed by atoms with van der Waals surface area (Å²) in [6.45, 7) is 3.99. The quantitative estimate of drug-likeness (QED) is 0.534. The van der Waals surface area contributed by atoms with Crippen LogP contribution in [0.3, 0.4) is 0 Å². The van der Waals surface area contributed by atoms with Crippen molar-refractivity contribution in [3.63, 3.8) is 0 Å². The third-order valence-corrected chi connectivity index (χ3v) is 5.66. The Balaban J connectivity index is 2.28. The van der Waals surface area contributed by atoms with E-state index in [1.165, 1.54) is 18.2 Å². The maximum Gasteiger partial charge on any atom is 0.416 e. The van der Waals surface area contributed by atoms with Crippen LogP contribution in [0.5, 0.6) is 0 Å². The standard InChI is InChI=1S/C19H18F4N2O3S/c1-3-9-25(12-18(26)24-17-8-7-13(2)10-16(17)20)29(27,28)15-6-4-5-14(11-15)19(21,22)23/h3-8,10-11H,1,9,12H2,2H3,(H,24,26). The van der Waals surface area contributed by atoms with Crippen LogP contribution in [0.2, 0.25) is 0 Å². The molecule has 156 valence electrons. The summed E-state index contributed by atoms with van der Waals surface area (Å²) in [5, 5.41) is 2.25. The Labute approximate surface area is 165 Å². The van der Waals surface area contributed by atoms with Gasteiger partial charge in [0.25, 0.3) is 0 Å². The molecule has 0 unspecified atom stereocenters. The normalized spacial score (nSPS) is 12.1. The summed E-state index contributed by atoms with van der Waals surface area (Å²) in [5.74, 6) is -1.56. The number of halogens is 4. The number of hydrogen-bond donors (Lipinski definition) is 1. The van der Waals surface area contributed by atoms with Crippen LogP contribution < -0.4 is 5.32 Å². The van der Waals surface area contributed by atoms with Gasteiger partial charge in [-0.25, -0.2) is 12.8 Å². The first-order chi connectivity index (χ1) is 13.4. The number of sulfonamides is 1. The second-order valence-corrected chi connectivity index (χ2v) is 8.08. The van der Waals surface area contributed by atoms with Gasteiger partial charge in [-0.3, -0.25) is 4.79 Å². The predicted molar refractivity (Wildman–Crippen MR) is 100 cm³/mol. The van der Waals surface area contributed by atoms with Crippen molar-refractivity contribution in [3.05, 3.63) is 72.1 Å². The first-order valence-corrected chi connectivity index (χ1v) is 9.73. The van der Waals surface area contributed by atoms with Gasteiger partial charge in [0.2, 0.25) is 15.9 Å². The molecule has 0 radical (unpaired) electrons. The molecule has 0 aliphatic carbocycles. The van der Waals surface area contributed by atoms with Gasteiger partial charge in [-0.15, -0.1) is 6.58 Å². The highest BCUT2D eigenvalue weighted by molar-refractivity contribution is 7.89. The second kappa shape index (κ2) is 8.75. The van der Waals surface area contributed by atoms with Crippen molar-refractivity contribution in [2.45, 2.75) is 18.0 Å². The van der Waals surface area contributed by atoms with E-state index < -0.39 is 44.9 Å². The van der Waals surface area contributed by atoms with Gasteiger partial charge in [-0.05, 0) is 42.8 Å². The van der Waals surface area contributed by atoms with Gasteiger partial charge in [0, 0.05) is 6.54 Å². The lowest BCUT2D eigenvalue weighted by atomic mass is 10.2. The fourth-order valence-corrected chi connectivity index (χ4v) is 3.86. The highest BCUT2D eigenvalue weighted by atomic mass is 32.2. The van der Waals surface area contributed by atoms with Crippen LogP contribution in [0.15, 0.2) is 60.0 Å². The van der Waals surface area contributed by atoms with Gasteiger partial charge in [-0.1, -0.05) is 18.2 Å². The highest BCUT2D eigenvalue weighted by Gasteiger charge is 2.33. The van der Waals surface area contributed by atoms with E-state index in [4.69, 9.17) is 0 Å². The predicted octanol–water partition coefficient (Wildman–Crippen LogP) is 3.97. The number of rotatable bonds is 7. The molecule has 0 spiro atoms. The highest BCUT2D eigenvalue weighted by Crippen LogP contribution is 2.31. The van der Waals surface area contributed by atoms with Crippen molar-refractivity contribution in [2.75, 3.05) is 18.4 Å². The van der Waals surface area contributed by atoms with E-state index in [9.17, 15) is 30.8 Å². The Hall–Kier alpha value is -2.72. The molecule has 2 aromatic rings. The number of carbonyl (C=O) groups is 1. The third-order valence-electron chi connectivity index (χ3n) is 3.85. The van der Waals surface area contributed by atoms with Crippen molar-refractivity contribution in [1.82, 2.24) is 4.31 Å². The van der Waals surface area contributed by atoms with Crippen LogP contribution in [0, 0.1) is 12.7 Å². The smallest absolute Gasteiger partial charge is 0.322 e. The molecule has 0 fully saturated rings. The van der Waals surface area contributed by atoms with Crippen molar-refractivity contribution in [2.24, 2.45) is 0 Å². The lowest BCUT2D eigenvalue weighted by Crippen LogP contribution is -2.38. The van der Waals surface area contributed by atoms with E-state index in [-0.39, 0.29) is 12.2 Å². The second-order valence-electron chi connectivity index (χ2n) is 6.14. The number of alkyl halides is 3. The average molecular weight is 430 g/mol. The van der Waals surface area contributed by atoms with Crippen molar-refractivity contribution < 1.29 is 30.8 Å². The van der Waals surface area contributed by atoms with E-state index in [2.05, 4.69) is 11.9 Å². The minimum Gasteiger partial charge on any atom is -0.322 e. The van der Waals surface area contributed by atoms with Crippen molar-refractivity contribution >= 4 is 21.6 Å². The Morgan fingerprint density at radius 2 is 1.90 bits per heavy atom. The van der Waals surface area contributed by atoms with E-state index in [1.807, 2.05) is 0 Å². The van der Waals surface area contributed by atoms with Crippen molar-refractivity contribution in [1.29, 1.82) is 0 Å². The Kier molecular flexibility index (Phi) is 6.81. The van der Waals surface area contributed by atoms with Crippen LogP contribution in [-0.2, 0) is 21.0 Å². The monoisotopic (exact) mass is 430 g/mol. The van der Waals surface area contributed by atoms with Gasteiger partial charge in [0.1, 0.15) is 5.82 Å². The molecule has 1 amide bonds. The van der Waals surface area contributed by atoms with Crippen LogP contribution in [-0.4, -0.2) is 31.7 Å². The fraction of sp³-hybridized carbons (Fsp3) is 0.211. The largest absolute Gasteiger partial charge is 0.416 e. The molecule has 0 aliphatic heterocycles. The first-order valence-electron chi connectivity index (χ1n) is 8.29. The van der Waals surface area contributed by atoms with Crippen LogP contribution in [0.25, 0.3) is 0 Å². The Morgan fingerprint density at radius 3 is 2.48 bits per heavy atom. The van der Waals surface area contributed by atoms with Crippen molar-refractivity contribution in [3.8, 4) is 0 Å². The van der Waals surface area contributed by atoms with Crippen LogP contribution in [0.4, 0.5) is 23.2 Å². The molecule has 2 rings (SSSR count). The zero-order valence-electron chi connectivity index (χ0n) is 15.3. The maximum atomic E-state index is 13.9. The maximum absolute atomic E-state index is 13.9. The van der Waals surface area contributed by atoms with E-state index >= 15 is 0 Å². The number of nitrogens with one attached hydrogen (secondary N) is 1. The van der Waals surface area contributed by atoms with E-state index in [1.54, 1.807) is 13.0 Å². The van der Waals surface area contributed by atoms with E-state index in [0.717, 1.165) is 18.2 Å². The number of amides is 1. The van der Waals surface area contributed by atoms with Gasteiger partial charge in [-0.2, -0.15) is 17.5 Å². The summed E-state index contributed by atoms with van der Waals surface area (Å²) in [4.78, 5) is 11.6. The average Bonchev–Trinajstić information content (AvgIpc) is 2.63. The lowest BCUT2D eigenvalue weighted by Gasteiger charge is -2.21. The zero-order valence-corrected chi connectivity index (χ0v) is 16.1. The summed E-state index contributed by atoms with van der Waals surface area (Å²) < 4.78 is 78.7. The first kappa shape index (κ1) is 22.6. The number of carbonyl (C=O) groups excluding carboxylic acids is 1. The molecule has 2 aromatic carbocycles. The zero-order chi connectivity index (χ0) is 21.8. The number of hydrogen-bond acceptors (Lipinski definition) is 3. The number of aryl methyl sites for hydroxylation is 1. The molecule has 1 N–H and O–H groups in total. The van der Waals surface area contributed by atoms with Gasteiger partial charge in [0.05, 0.1) is 22.7 Å². The molecular formula is C19H18F4N2O3S. The molecule has 29 heavy (non-hydrogen) atoms. The molecule has 0 saturated heterocycles. The molecular weight excluding hydrogens is 412 g/mol. The number of nitrogens with zero attached hydrogens (tertiary/aromatic N) is 1. The molecule has 0 saturated carbocycles. The minimum atomic E-state index is -4.73. The lowest BCUT2D eigenvalue weighted by molar-refractivity contribution is -0.137. The molecule has 0 aliphatic rings.